The van der Waals surface area contributed by atoms with E-state index in [1.807, 2.05) is 13.8 Å². The van der Waals surface area contributed by atoms with E-state index in [1.54, 1.807) is 86.6 Å². The first-order chi connectivity index (χ1) is 21.9. The number of rotatable bonds is 9. The first-order valence-corrected chi connectivity index (χ1v) is 17.2. The number of nitrogens with one attached hydrogen (secondary N) is 2. The van der Waals surface area contributed by atoms with Crippen molar-refractivity contribution in [1.29, 1.82) is 0 Å². The fourth-order valence-electron chi connectivity index (χ4n) is 4.87. The summed E-state index contributed by atoms with van der Waals surface area (Å²) in [6, 6.07) is 27.1. The number of benzene rings is 4. The quantitative estimate of drug-likeness (QED) is 0.121. The van der Waals surface area contributed by atoms with Gasteiger partial charge in [0.25, 0.3) is 20.0 Å². The van der Waals surface area contributed by atoms with Crippen LogP contribution in [0.25, 0.3) is 21.9 Å². The predicted octanol–water partition coefficient (Wildman–Crippen LogP) is 7.63. The van der Waals surface area contributed by atoms with Gasteiger partial charge < -0.3 is 8.83 Å². The van der Waals surface area contributed by atoms with Gasteiger partial charge in [-0.15, -0.1) is 0 Å². The summed E-state index contributed by atoms with van der Waals surface area (Å²) in [6.07, 6.45) is 0. The van der Waals surface area contributed by atoms with Crippen LogP contribution in [0.4, 0.5) is 11.4 Å². The minimum atomic E-state index is -3.97. The van der Waals surface area contributed by atoms with Crippen LogP contribution in [0.2, 0.25) is 0 Å². The molecule has 0 amide bonds. The number of fused-ring (bicyclic) bond motifs is 2. The Morgan fingerprint density at radius 3 is 1.26 bits per heavy atom. The Morgan fingerprint density at radius 2 is 0.891 bits per heavy atom. The Balaban J connectivity index is 1.39. The molecule has 2 N–H and O–H groups in total. The number of hydrogen-bond donors (Lipinski definition) is 2. The summed E-state index contributed by atoms with van der Waals surface area (Å²) in [6.45, 7) is 7.03. The molecule has 0 aliphatic carbocycles. The molecule has 10 nitrogen and oxygen atoms in total. The lowest BCUT2D eigenvalue weighted by atomic mass is 10.2. The number of anilines is 2. The third-order valence-corrected chi connectivity index (χ3v) is 10.1. The van der Waals surface area contributed by atoms with Crippen molar-refractivity contribution in [2.45, 2.75) is 37.5 Å². The molecule has 0 fully saturated rings. The normalized spacial score (nSPS) is 13.0. The Bertz CT molecular complexity index is 2200. The fourth-order valence-corrected chi connectivity index (χ4v) is 7.03. The van der Waals surface area contributed by atoms with E-state index in [0.717, 1.165) is 11.1 Å². The molecule has 4 aromatic carbocycles. The predicted molar refractivity (Wildman–Crippen MR) is 181 cm³/mol. The highest BCUT2D eigenvalue weighted by Gasteiger charge is 2.25. The van der Waals surface area contributed by atoms with E-state index in [2.05, 4.69) is 19.6 Å². The third-order valence-electron chi connectivity index (χ3n) is 7.33. The summed E-state index contributed by atoms with van der Waals surface area (Å²) < 4.78 is 70.8. The van der Waals surface area contributed by atoms with Crippen molar-refractivity contribution in [1.82, 2.24) is 0 Å². The molecule has 234 valence electrons. The Kier molecular flexibility index (Phi) is 8.01. The van der Waals surface area contributed by atoms with Crippen molar-refractivity contribution in [3.8, 4) is 0 Å². The standard InChI is InChI=1S/C34H30N4O6S2/c1-21-13-17-25(18-14-21)45(39,40)37-31-27-9-5-7-11-29(27)43-33(31)23(3)35-36-24(4)34-32(28-10-6-8-12-30(28)44-34)38-46(41,42)26-19-15-22(2)16-20-26/h5-20,37-38H,1-4H3/b35-23+,36-24+. The second kappa shape index (κ2) is 12.0. The Morgan fingerprint density at radius 1 is 0.543 bits per heavy atom. The van der Waals surface area contributed by atoms with Gasteiger partial charge in [-0.25, -0.2) is 16.8 Å². The van der Waals surface area contributed by atoms with Gasteiger partial charge in [-0.3, -0.25) is 9.44 Å². The molecule has 12 heteroatoms. The van der Waals surface area contributed by atoms with E-state index in [-0.39, 0.29) is 44.1 Å². The van der Waals surface area contributed by atoms with Crippen molar-refractivity contribution in [2.24, 2.45) is 10.2 Å². The summed E-state index contributed by atoms with van der Waals surface area (Å²) >= 11 is 0. The van der Waals surface area contributed by atoms with Crippen LogP contribution < -0.4 is 9.44 Å². The molecule has 0 spiro atoms. The molecule has 0 bridgehead atoms. The molecule has 0 saturated carbocycles. The zero-order valence-corrected chi connectivity index (χ0v) is 27.0. The SMILES string of the molecule is C/C(=N\N=C(/C)c1oc2ccccc2c1NS(=O)(=O)c1ccc(C)cc1)c1oc2ccccc2c1NS(=O)(=O)c1ccc(C)cc1. The smallest absolute Gasteiger partial charge is 0.262 e. The van der Waals surface area contributed by atoms with Crippen molar-refractivity contribution < 1.29 is 25.7 Å². The molecule has 0 radical (unpaired) electrons. The average Bonchev–Trinajstić information content (AvgIpc) is 3.58. The van der Waals surface area contributed by atoms with Gasteiger partial charge >= 0.3 is 0 Å². The topological polar surface area (TPSA) is 143 Å². The lowest BCUT2D eigenvalue weighted by Crippen LogP contribution is -2.15. The number of nitrogens with zero attached hydrogens (tertiary/aromatic N) is 2. The zero-order valence-electron chi connectivity index (χ0n) is 25.4. The van der Waals surface area contributed by atoms with E-state index < -0.39 is 20.0 Å². The molecule has 0 unspecified atom stereocenters. The summed E-state index contributed by atoms with van der Waals surface area (Å²) in [5.74, 6) is 0.358. The van der Waals surface area contributed by atoms with Crippen LogP contribution in [0.5, 0.6) is 0 Å². The maximum absolute atomic E-state index is 13.3. The van der Waals surface area contributed by atoms with Crippen molar-refractivity contribution in [3.63, 3.8) is 0 Å². The monoisotopic (exact) mass is 654 g/mol. The highest BCUT2D eigenvalue weighted by Crippen LogP contribution is 2.35. The van der Waals surface area contributed by atoms with Gasteiger partial charge in [0, 0.05) is 10.8 Å². The minimum Gasteiger partial charge on any atom is -0.452 e. The third kappa shape index (κ3) is 6.04. The van der Waals surface area contributed by atoms with Crippen LogP contribution in [-0.4, -0.2) is 28.3 Å². The number of aryl methyl sites for hydroxylation is 2. The van der Waals surface area contributed by atoms with E-state index >= 15 is 0 Å². The lowest BCUT2D eigenvalue weighted by Gasteiger charge is -2.09. The molecule has 6 rings (SSSR count). The second-order valence-corrected chi connectivity index (χ2v) is 14.2. The van der Waals surface area contributed by atoms with Gasteiger partial charge in [0.1, 0.15) is 34.0 Å². The molecule has 2 aromatic heterocycles. The largest absolute Gasteiger partial charge is 0.452 e. The fraction of sp³-hybridized carbons (Fsp3) is 0.118. The average molecular weight is 655 g/mol. The molecule has 0 aliphatic heterocycles. The van der Waals surface area contributed by atoms with Gasteiger partial charge in [0.2, 0.25) is 0 Å². The van der Waals surface area contributed by atoms with Crippen LogP contribution in [0, 0.1) is 13.8 Å². The number of furan rings is 2. The maximum Gasteiger partial charge on any atom is 0.262 e. The van der Waals surface area contributed by atoms with Crippen LogP contribution in [-0.2, 0) is 20.0 Å². The van der Waals surface area contributed by atoms with E-state index in [4.69, 9.17) is 8.83 Å². The molecule has 0 aliphatic rings. The summed E-state index contributed by atoms with van der Waals surface area (Å²) in [4.78, 5) is 0.201. The molecule has 2 heterocycles. The van der Waals surface area contributed by atoms with Gasteiger partial charge in [-0.2, -0.15) is 10.2 Å². The minimum absolute atomic E-state index is 0.100. The summed E-state index contributed by atoms with van der Waals surface area (Å²) in [5.41, 5.74) is 3.77. The lowest BCUT2D eigenvalue weighted by molar-refractivity contribution is 0.596. The first-order valence-electron chi connectivity index (χ1n) is 14.2. The van der Waals surface area contributed by atoms with E-state index in [1.165, 1.54) is 24.3 Å². The first kappa shape index (κ1) is 30.8. The summed E-state index contributed by atoms with van der Waals surface area (Å²) in [7, 11) is -7.93. The Hall–Kier alpha value is -5.20. The van der Waals surface area contributed by atoms with Gasteiger partial charge in [-0.05, 0) is 76.2 Å². The van der Waals surface area contributed by atoms with Crippen LogP contribution in [0.15, 0.2) is 126 Å². The van der Waals surface area contributed by atoms with E-state index in [0.29, 0.717) is 21.9 Å². The molecular formula is C34H30N4O6S2. The van der Waals surface area contributed by atoms with Gasteiger partial charge in [0.05, 0.1) is 9.79 Å². The molecular weight excluding hydrogens is 625 g/mol. The Labute approximate surface area is 266 Å². The van der Waals surface area contributed by atoms with Crippen molar-refractivity contribution >= 4 is 64.8 Å². The number of sulfonamides is 2. The highest BCUT2D eigenvalue weighted by atomic mass is 32.2. The van der Waals surface area contributed by atoms with Crippen molar-refractivity contribution in [2.75, 3.05) is 9.44 Å². The number of hydrogen-bond acceptors (Lipinski definition) is 8. The molecule has 46 heavy (non-hydrogen) atoms. The molecule has 6 aromatic rings. The van der Waals surface area contributed by atoms with E-state index in [9.17, 15) is 16.8 Å². The summed E-state index contributed by atoms with van der Waals surface area (Å²) in [5, 5.41) is 9.81. The molecule has 0 saturated heterocycles. The molecule has 0 atom stereocenters. The number of para-hydroxylation sites is 2. The zero-order chi connectivity index (χ0) is 32.6. The second-order valence-electron chi connectivity index (χ2n) is 10.8. The van der Waals surface area contributed by atoms with Gasteiger partial charge in [-0.1, -0.05) is 59.7 Å². The van der Waals surface area contributed by atoms with Crippen LogP contribution in [0.1, 0.15) is 36.5 Å². The van der Waals surface area contributed by atoms with Crippen LogP contribution >= 0.6 is 0 Å². The van der Waals surface area contributed by atoms with Gasteiger partial charge in [0.15, 0.2) is 11.5 Å². The maximum atomic E-state index is 13.3. The highest BCUT2D eigenvalue weighted by molar-refractivity contribution is 7.93. The van der Waals surface area contributed by atoms with Crippen LogP contribution in [0.3, 0.4) is 0 Å². The van der Waals surface area contributed by atoms with Crippen molar-refractivity contribution in [3.05, 3.63) is 120 Å².